The lowest BCUT2D eigenvalue weighted by molar-refractivity contribution is -0.0534. The Morgan fingerprint density at radius 3 is 2.77 bits per heavy atom. The van der Waals surface area contributed by atoms with E-state index in [4.69, 9.17) is 9.72 Å². The second-order valence-corrected chi connectivity index (χ2v) is 7.57. The minimum Gasteiger partial charge on any atom is -0.390 e. The van der Waals surface area contributed by atoms with Gasteiger partial charge < -0.3 is 9.84 Å². The Morgan fingerprint density at radius 1 is 1.36 bits per heavy atom. The van der Waals surface area contributed by atoms with Crippen LogP contribution in [0.5, 0.6) is 0 Å². The molecular formula is C16H27N3O2S. The maximum absolute atomic E-state index is 10.5. The Hall–Kier alpha value is -0.530. The summed E-state index contributed by atoms with van der Waals surface area (Å²) < 4.78 is 5.41. The Bertz CT molecular complexity index is 474. The lowest BCUT2D eigenvalue weighted by Crippen LogP contribution is -2.56. The van der Waals surface area contributed by atoms with Crippen molar-refractivity contribution in [2.24, 2.45) is 0 Å². The van der Waals surface area contributed by atoms with Crippen LogP contribution in [0.2, 0.25) is 0 Å². The largest absolute Gasteiger partial charge is 0.390 e. The number of β-amino-alcohol motifs (C(OH)–C–C–N with tert-alkyl or cyclic N) is 1. The van der Waals surface area contributed by atoms with Crippen molar-refractivity contribution >= 4 is 11.3 Å². The van der Waals surface area contributed by atoms with E-state index < -0.39 is 0 Å². The summed E-state index contributed by atoms with van der Waals surface area (Å²) in [5.41, 5.74) is 1.18. The molecule has 0 saturated carbocycles. The van der Waals surface area contributed by atoms with Crippen molar-refractivity contribution in [3.8, 4) is 0 Å². The number of piperidine rings is 1. The van der Waals surface area contributed by atoms with Crippen molar-refractivity contribution in [2.75, 3.05) is 39.4 Å². The van der Waals surface area contributed by atoms with Gasteiger partial charge in [-0.25, -0.2) is 4.98 Å². The molecule has 2 aliphatic heterocycles. The molecule has 2 fully saturated rings. The molecule has 1 aromatic rings. The molecule has 5 nitrogen and oxygen atoms in total. The summed E-state index contributed by atoms with van der Waals surface area (Å²) in [5, 5.41) is 13.9. The summed E-state index contributed by atoms with van der Waals surface area (Å²) in [4.78, 5) is 9.44. The third kappa shape index (κ3) is 3.86. The van der Waals surface area contributed by atoms with Crippen LogP contribution in [-0.2, 0) is 11.3 Å². The molecule has 2 atom stereocenters. The summed E-state index contributed by atoms with van der Waals surface area (Å²) in [6.45, 7) is 10.5. The Kier molecular flexibility index (Phi) is 5.46. The Balaban J connectivity index is 1.53. The predicted molar refractivity (Wildman–Crippen MR) is 88.3 cm³/mol. The predicted octanol–water partition coefficient (Wildman–Crippen LogP) is 1.53. The zero-order valence-corrected chi connectivity index (χ0v) is 14.4. The van der Waals surface area contributed by atoms with Gasteiger partial charge in [-0.15, -0.1) is 11.3 Å². The van der Waals surface area contributed by atoms with E-state index in [1.165, 1.54) is 10.7 Å². The third-order valence-corrected chi connectivity index (χ3v) is 5.52. The first-order valence-electron chi connectivity index (χ1n) is 8.30. The highest BCUT2D eigenvalue weighted by Gasteiger charge is 2.32. The number of aromatic nitrogens is 1. The van der Waals surface area contributed by atoms with Gasteiger partial charge in [0.1, 0.15) is 5.01 Å². The highest BCUT2D eigenvalue weighted by atomic mass is 32.1. The minimum absolute atomic E-state index is 0.267. The standard InChI is InChI=1S/C16H27N3O2S/c1-12(2)13-11-22-16(17-13)10-18-4-3-14(15(20)9-18)19-5-7-21-8-6-19/h11-12,14-15,20H,3-10H2,1-2H3/t14-,15-/m1/s1. The molecule has 3 heterocycles. The Morgan fingerprint density at radius 2 is 2.14 bits per heavy atom. The number of nitrogens with zero attached hydrogens (tertiary/aromatic N) is 3. The van der Waals surface area contributed by atoms with Gasteiger partial charge in [0.2, 0.25) is 0 Å². The number of ether oxygens (including phenoxy) is 1. The number of thiazole rings is 1. The zero-order chi connectivity index (χ0) is 15.5. The van der Waals surface area contributed by atoms with E-state index in [2.05, 4.69) is 29.0 Å². The quantitative estimate of drug-likeness (QED) is 0.910. The van der Waals surface area contributed by atoms with E-state index in [0.29, 0.717) is 12.0 Å². The second-order valence-electron chi connectivity index (χ2n) is 6.63. The molecule has 124 valence electrons. The molecule has 3 rings (SSSR count). The summed E-state index contributed by atoms with van der Waals surface area (Å²) >= 11 is 1.74. The van der Waals surface area contributed by atoms with Gasteiger partial charge in [0.15, 0.2) is 0 Å². The topological polar surface area (TPSA) is 48.8 Å². The second kappa shape index (κ2) is 7.36. The smallest absolute Gasteiger partial charge is 0.107 e. The van der Waals surface area contributed by atoms with Gasteiger partial charge in [0, 0.05) is 37.6 Å². The number of hydrogen-bond donors (Lipinski definition) is 1. The van der Waals surface area contributed by atoms with E-state index in [1.807, 2.05) is 0 Å². The van der Waals surface area contributed by atoms with Crippen molar-refractivity contribution in [1.82, 2.24) is 14.8 Å². The van der Waals surface area contributed by atoms with Crippen LogP contribution < -0.4 is 0 Å². The maximum atomic E-state index is 10.5. The number of likely N-dealkylation sites (tertiary alicyclic amines) is 1. The first kappa shape index (κ1) is 16.3. The number of aliphatic hydroxyl groups excluding tert-OH is 1. The highest BCUT2D eigenvalue weighted by Crippen LogP contribution is 2.23. The third-order valence-electron chi connectivity index (χ3n) is 4.67. The van der Waals surface area contributed by atoms with Crippen LogP contribution in [-0.4, -0.2) is 71.4 Å². The first-order valence-corrected chi connectivity index (χ1v) is 9.18. The normalized spacial score (nSPS) is 28.4. The number of rotatable bonds is 4. The molecule has 22 heavy (non-hydrogen) atoms. The first-order chi connectivity index (χ1) is 10.6. The van der Waals surface area contributed by atoms with Gasteiger partial charge in [-0.1, -0.05) is 13.8 Å². The van der Waals surface area contributed by atoms with E-state index in [9.17, 15) is 5.11 Å². The monoisotopic (exact) mass is 325 g/mol. The molecule has 0 aliphatic carbocycles. The van der Waals surface area contributed by atoms with Gasteiger partial charge >= 0.3 is 0 Å². The van der Waals surface area contributed by atoms with E-state index in [1.54, 1.807) is 11.3 Å². The van der Waals surface area contributed by atoms with Gasteiger partial charge in [-0.3, -0.25) is 9.80 Å². The van der Waals surface area contributed by atoms with Crippen LogP contribution in [0.1, 0.15) is 36.9 Å². The average molecular weight is 325 g/mol. The number of aliphatic hydroxyl groups is 1. The summed E-state index contributed by atoms with van der Waals surface area (Å²) in [6.07, 6.45) is 0.764. The molecule has 0 bridgehead atoms. The zero-order valence-electron chi connectivity index (χ0n) is 13.6. The molecule has 0 aromatic carbocycles. The molecule has 0 unspecified atom stereocenters. The summed E-state index contributed by atoms with van der Waals surface area (Å²) in [7, 11) is 0. The van der Waals surface area contributed by atoms with Crippen LogP contribution in [0, 0.1) is 0 Å². The van der Waals surface area contributed by atoms with E-state index in [-0.39, 0.29) is 6.10 Å². The van der Waals surface area contributed by atoms with Crippen molar-refractivity contribution < 1.29 is 9.84 Å². The van der Waals surface area contributed by atoms with Crippen molar-refractivity contribution in [3.05, 3.63) is 16.1 Å². The van der Waals surface area contributed by atoms with E-state index >= 15 is 0 Å². The fourth-order valence-electron chi connectivity index (χ4n) is 3.32. The van der Waals surface area contributed by atoms with Gasteiger partial charge in [0.05, 0.1) is 31.6 Å². The van der Waals surface area contributed by atoms with Crippen molar-refractivity contribution in [2.45, 2.75) is 44.9 Å². The fourth-order valence-corrected chi connectivity index (χ4v) is 4.31. The highest BCUT2D eigenvalue weighted by molar-refractivity contribution is 7.09. The lowest BCUT2D eigenvalue weighted by Gasteiger charge is -2.42. The fraction of sp³-hybridized carbons (Fsp3) is 0.812. The summed E-state index contributed by atoms with van der Waals surface area (Å²) in [6, 6.07) is 0.294. The molecule has 0 amide bonds. The summed E-state index contributed by atoms with van der Waals surface area (Å²) in [5.74, 6) is 0.489. The van der Waals surface area contributed by atoms with Crippen LogP contribution in [0.4, 0.5) is 0 Å². The average Bonchev–Trinajstić information content (AvgIpc) is 2.97. The Labute approximate surface area is 136 Å². The number of hydrogen-bond acceptors (Lipinski definition) is 6. The molecule has 0 spiro atoms. The van der Waals surface area contributed by atoms with Crippen molar-refractivity contribution in [3.63, 3.8) is 0 Å². The van der Waals surface area contributed by atoms with Crippen LogP contribution in [0.3, 0.4) is 0 Å². The van der Waals surface area contributed by atoms with Gasteiger partial charge in [-0.05, 0) is 12.3 Å². The van der Waals surface area contributed by atoms with Crippen LogP contribution >= 0.6 is 11.3 Å². The number of morpholine rings is 1. The molecule has 6 heteroatoms. The van der Waals surface area contributed by atoms with Crippen molar-refractivity contribution in [1.29, 1.82) is 0 Å². The molecule has 1 N–H and O–H groups in total. The molecule has 1 aromatic heterocycles. The van der Waals surface area contributed by atoms with Crippen LogP contribution in [0.15, 0.2) is 5.38 Å². The molecule has 0 radical (unpaired) electrons. The molecule has 2 aliphatic rings. The minimum atomic E-state index is -0.267. The lowest BCUT2D eigenvalue weighted by atomic mass is 9.99. The maximum Gasteiger partial charge on any atom is 0.107 e. The SMILES string of the molecule is CC(C)c1csc(CN2CC[C@@H](N3CCOCC3)[C@H](O)C2)n1. The molecule has 2 saturated heterocycles. The van der Waals surface area contributed by atoms with Gasteiger partial charge in [-0.2, -0.15) is 0 Å². The van der Waals surface area contributed by atoms with E-state index in [0.717, 1.165) is 52.4 Å². The van der Waals surface area contributed by atoms with Crippen LogP contribution in [0.25, 0.3) is 0 Å². The van der Waals surface area contributed by atoms with Gasteiger partial charge in [0.25, 0.3) is 0 Å². The molecular weight excluding hydrogens is 298 g/mol.